The first-order chi connectivity index (χ1) is 8.59. The van der Waals surface area contributed by atoms with Crippen LogP contribution in [0.2, 0.25) is 0 Å². The molecule has 0 saturated heterocycles. The van der Waals surface area contributed by atoms with Crippen molar-refractivity contribution in [1.29, 1.82) is 0 Å². The minimum absolute atomic E-state index is 0.0115. The highest BCUT2D eigenvalue weighted by Crippen LogP contribution is 2.24. The largest absolute Gasteiger partial charge is 0.334 e. The minimum atomic E-state index is -0.583. The summed E-state index contributed by atoms with van der Waals surface area (Å²) < 4.78 is 12.7. The molecule has 0 aromatic carbocycles. The van der Waals surface area contributed by atoms with E-state index in [1.54, 1.807) is 23.3 Å². The summed E-state index contributed by atoms with van der Waals surface area (Å²) in [6.45, 7) is 1.96. The van der Waals surface area contributed by atoms with Crippen LogP contribution in [0.25, 0.3) is 0 Å². The maximum atomic E-state index is 12.7. The second kappa shape index (κ2) is 5.27. The molecule has 0 spiro atoms. The first-order valence-electron chi connectivity index (χ1n) is 5.51. The van der Waals surface area contributed by atoms with Crippen molar-refractivity contribution < 1.29 is 9.18 Å². The smallest absolute Gasteiger partial charge is 0.255 e. The normalized spacial score (nSPS) is 12.2. The molecule has 1 unspecified atom stereocenters. The van der Waals surface area contributed by atoms with Gasteiger partial charge in [0.25, 0.3) is 5.91 Å². The lowest BCUT2D eigenvalue weighted by Gasteiger charge is -2.24. The molecule has 0 aliphatic carbocycles. The Morgan fingerprint density at radius 3 is 2.78 bits per heavy atom. The highest BCUT2D eigenvalue weighted by Gasteiger charge is 2.19. The summed E-state index contributed by atoms with van der Waals surface area (Å²) in [5, 5.41) is 1.98. The fourth-order valence-corrected chi connectivity index (χ4v) is 2.43. The molecule has 2 aromatic rings. The summed E-state index contributed by atoms with van der Waals surface area (Å²) in [6, 6.07) is 6.57. The third kappa shape index (κ3) is 2.56. The molecular formula is C13H13FN2OS. The second-order valence-electron chi connectivity index (χ2n) is 3.98. The molecule has 94 valence electrons. The number of hydrogen-bond donors (Lipinski definition) is 0. The maximum absolute atomic E-state index is 12.7. The monoisotopic (exact) mass is 264 g/mol. The Labute approximate surface area is 109 Å². The van der Waals surface area contributed by atoms with Crippen molar-refractivity contribution in [3.05, 3.63) is 52.2 Å². The third-order valence-electron chi connectivity index (χ3n) is 2.83. The molecule has 2 aromatic heterocycles. The van der Waals surface area contributed by atoms with E-state index in [4.69, 9.17) is 0 Å². The molecule has 1 atom stereocenters. The lowest BCUT2D eigenvalue weighted by molar-refractivity contribution is 0.0744. The Hall–Kier alpha value is -1.75. The lowest BCUT2D eigenvalue weighted by Crippen LogP contribution is -2.29. The van der Waals surface area contributed by atoms with E-state index in [0.717, 1.165) is 4.88 Å². The van der Waals surface area contributed by atoms with Crippen LogP contribution in [0, 0.1) is 5.95 Å². The predicted molar refractivity (Wildman–Crippen MR) is 69.0 cm³/mol. The van der Waals surface area contributed by atoms with E-state index in [2.05, 4.69) is 4.98 Å². The number of nitrogens with zero attached hydrogens (tertiary/aromatic N) is 2. The van der Waals surface area contributed by atoms with E-state index < -0.39 is 5.95 Å². The molecule has 3 nitrogen and oxygen atoms in total. The number of hydrogen-bond acceptors (Lipinski definition) is 3. The van der Waals surface area contributed by atoms with Gasteiger partial charge in [0.2, 0.25) is 5.95 Å². The number of amides is 1. The quantitative estimate of drug-likeness (QED) is 0.798. The highest BCUT2D eigenvalue weighted by atomic mass is 32.1. The number of aromatic nitrogens is 1. The van der Waals surface area contributed by atoms with Crippen molar-refractivity contribution >= 4 is 17.2 Å². The molecule has 0 aliphatic heterocycles. The van der Waals surface area contributed by atoms with Gasteiger partial charge in [-0.2, -0.15) is 4.39 Å². The van der Waals surface area contributed by atoms with Gasteiger partial charge in [0.1, 0.15) is 0 Å². The van der Waals surface area contributed by atoms with E-state index in [-0.39, 0.29) is 11.9 Å². The number of carbonyl (C=O) groups is 1. The summed E-state index contributed by atoms with van der Waals surface area (Å²) in [7, 11) is 1.73. The Kier molecular flexibility index (Phi) is 3.72. The van der Waals surface area contributed by atoms with E-state index >= 15 is 0 Å². The van der Waals surface area contributed by atoms with Crippen molar-refractivity contribution in [3.8, 4) is 0 Å². The summed E-state index contributed by atoms with van der Waals surface area (Å²) in [5.74, 6) is -0.746. The highest BCUT2D eigenvalue weighted by molar-refractivity contribution is 7.10. The first-order valence-corrected chi connectivity index (χ1v) is 6.39. The molecule has 0 radical (unpaired) electrons. The Morgan fingerprint density at radius 1 is 1.44 bits per heavy atom. The molecular weight excluding hydrogens is 251 g/mol. The van der Waals surface area contributed by atoms with Crippen molar-refractivity contribution in [1.82, 2.24) is 9.88 Å². The van der Waals surface area contributed by atoms with Crippen LogP contribution in [0.3, 0.4) is 0 Å². The Morgan fingerprint density at radius 2 is 2.22 bits per heavy atom. The van der Waals surface area contributed by atoms with Gasteiger partial charge >= 0.3 is 0 Å². The number of rotatable bonds is 3. The summed E-state index contributed by atoms with van der Waals surface area (Å²) in [5.41, 5.74) is 0.391. The SMILES string of the molecule is CC(c1cccs1)N(C)C(=O)c1ccc(F)nc1. The molecule has 0 N–H and O–H groups in total. The molecule has 2 heterocycles. The molecule has 5 heteroatoms. The summed E-state index contributed by atoms with van der Waals surface area (Å²) in [6.07, 6.45) is 1.26. The van der Waals surface area contributed by atoms with Crippen LogP contribution >= 0.6 is 11.3 Å². The molecule has 2 rings (SSSR count). The average Bonchev–Trinajstić information content (AvgIpc) is 2.91. The van der Waals surface area contributed by atoms with Crippen molar-refractivity contribution in [2.45, 2.75) is 13.0 Å². The minimum Gasteiger partial charge on any atom is -0.334 e. The Balaban J connectivity index is 2.16. The maximum Gasteiger partial charge on any atom is 0.255 e. The van der Waals surface area contributed by atoms with Crippen LogP contribution in [0.1, 0.15) is 28.2 Å². The zero-order chi connectivity index (χ0) is 13.1. The zero-order valence-corrected chi connectivity index (χ0v) is 10.9. The van der Waals surface area contributed by atoms with Gasteiger partial charge in [-0.25, -0.2) is 4.98 Å². The molecule has 0 bridgehead atoms. The second-order valence-corrected chi connectivity index (χ2v) is 4.96. The zero-order valence-electron chi connectivity index (χ0n) is 10.1. The molecule has 0 aliphatic rings. The van der Waals surface area contributed by atoms with Gasteiger partial charge in [0.15, 0.2) is 0 Å². The fourth-order valence-electron chi connectivity index (χ4n) is 1.60. The Bertz CT molecular complexity index is 524. The predicted octanol–water partition coefficient (Wildman–Crippen LogP) is 3.12. The van der Waals surface area contributed by atoms with Gasteiger partial charge in [-0.3, -0.25) is 4.79 Å². The van der Waals surface area contributed by atoms with E-state index in [1.807, 2.05) is 24.4 Å². The summed E-state index contributed by atoms with van der Waals surface area (Å²) in [4.78, 5) is 18.4. The van der Waals surface area contributed by atoms with Gasteiger partial charge in [-0.05, 0) is 30.5 Å². The molecule has 18 heavy (non-hydrogen) atoms. The number of pyridine rings is 1. The van der Waals surface area contributed by atoms with Crippen LogP contribution in [-0.4, -0.2) is 22.8 Å². The van der Waals surface area contributed by atoms with Gasteiger partial charge in [-0.15, -0.1) is 11.3 Å². The van der Waals surface area contributed by atoms with Gasteiger partial charge in [0.05, 0.1) is 11.6 Å². The lowest BCUT2D eigenvalue weighted by atomic mass is 10.2. The molecule has 0 fully saturated rings. The van der Waals surface area contributed by atoms with Crippen LogP contribution in [0.5, 0.6) is 0 Å². The summed E-state index contributed by atoms with van der Waals surface area (Å²) >= 11 is 1.60. The number of thiophene rings is 1. The van der Waals surface area contributed by atoms with E-state index in [0.29, 0.717) is 5.56 Å². The van der Waals surface area contributed by atoms with Gasteiger partial charge in [0, 0.05) is 18.1 Å². The van der Waals surface area contributed by atoms with Crippen LogP contribution in [0.4, 0.5) is 4.39 Å². The standard InChI is InChI=1S/C13H13FN2OS/c1-9(11-4-3-7-18-11)16(2)13(17)10-5-6-12(14)15-8-10/h3-9H,1-2H3. The van der Waals surface area contributed by atoms with E-state index in [9.17, 15) is 9.18 Å². The van der Waals surface area contributed by atoms with E-state index in [1.165, 1.54) is 18.3 Å². The molecule has 1 amide bonds. The fraction of sp³-hybridized carbons (Fsp3) is 0.231. The number of carbonyl (C=O) groups excluding carboxylic acids is 1. The van der Waals surface area contributed by atoms with Crippen molar-refractivity contribution in [3.63, 3.8) is 0 Å². The third-order valence-corrected chi connectivity index (χ3v) is 3.87. The van der Waals surface area contributed by atoms with Gasteiger partial charge < -0.3 is 4.90 Å². The van der Waals surface area contributed by atoms with Crippen LogP contribution in [0.15, 0.2) is 35.8 Å². The topological polar surface area (TPSA) is 33.2 Å². The van der Waals surface area contributed by atoms with Crippen LogP contribution in [-0.2, 0) is 0 Å². The van der Waals surface area contributed by atoms with Crippen molar-refractivity contribution in [2.75, 3.05) is 7.05 Å². The molecule has 0 saturated carbocycles. The van der Waals surface area contributed by atoms with Crippen LogP contribution < -0.4 is 0 Å². The average molecular weight is 264 g/mol. The van der Waals surface area contributed by atoms with Gasteiger partial charge in [-0.1, -0.05) is 6.07 Å². The first kappa shape index (κ1) is 12.7. The van der Waals surface area contributed by atoms with Crippen molar-refractivity contribution in [2.24, 2.45) is 0 Å². The number of halogens is 1.